The van der Waals surface area contributed by atoms with Gasteiger partial charge in [-0.25, -0.2) is 18.4 Å². The first-order valence-electron chi connectivity index (χ1n) is 11.5. The van der Waals surface area contributed by atoms with Crippen LogP contribution in [0.5, 0.6) is 0 Å². The third kappa shape index (κ3) is 5.59. The van der Waals surface area contributed by atoms with Crippen LogP contribution in [0.4, 0.5) is 8.78 Å². The summed E-state index contributed by atoms with van der Waals surface area (Å²) in [6.07, 6.45) is 4.86. The second-order valence-electron chi connectivity index (χ2n) is 9.09. The average molecular weight is 495 g/mol. The lowest BCUT2D eigenvalue weighted by Gasteiger charge is -2.35. The first-order valence-corrected chi connectivity index (χ1v) is 11.9. The van der Waals surface area contributed by atoms with Gasteiger partial charge in [-0.1, -0.05) is 54.1 Å². The molecule has 1 atom stereocenters. The molecule has 180 valence electrons. The minimum atomic E-state index is -1.63. The van der Waals surface area contributed by atoms with Gasteiger partial charge >= 0.3 is 0 Å². The maximum Gasteiger partial charge on any atom is 0.137 e. The van der Waals surface area contributed by atoms with Crippen LogP contribution >= 0.6 is 11.6 Å². The fourth-order valence-corrected chi connectivity index (χ4v) is 4.56. The maximum absolute atomic E-state index is 14.8. The molecular formula is C27H25ClF2N4O. The Balaban J connectivity index is 1.39. The molecule has 1 aliphatic carbocycles. The number of rotatable bonds is 9. The number of aromatic nitrogens is 3. The van der Waals surface area contributed by atoms with E-state index >= 15 is 0 Å². The molecule has 0 bridgehead atoms. The van der Waals surface area contributed by atoms with Crippen LogP contribution in [0.25, 0.3) is 11.1 Å². The summed E-state index contributed by atoms with van der Waals surface area (Å²) in [4.78, 5) is 6.10. The molecule has 1 aromatic heterocycles. The van der Waals surface area contributed by atoms with E-state index in [2.05, 4.69) is 39.2 Å². The molecule has 1 fully saturated rings. The van der Waals surface area contributed by atoms with E-state index in [4.69, 9.17) is 11.6 Å². The Kier molecular flexibility index (Phi) is 6.65. The molecule has 35 heavy (non-hydrogen) atoms. The van der Waals surface area contributed by atoms with Gasteiger partial charge in [0.05, 0.1) is 6.54 Å². The molecule has 1 heterocycles. The smallest absolute Gasteiger partial charge is 0.137 e. The van der Waals surface area contributed by atoms with Crippen LogP contribution in [0.3, 0.4) is 0 Å². The van der Waals surface area contributed by atoms with Gasteiger partial charge in [0.2, 0.25) is 0 Å². The van der Waals surface area contributed by atoms with Gasteiger partial charge < -0.3 is 5.11 Å². The molecule has 1 unspecified atom stereocenters. The average Bonchev–Trinajstić information content (AvgIpc) is 3.57. The van der Waals surface area contributed by atoms with E-state index in [9.17, 15) is 13.9 Å². The first-order chi connectivity index (χ1) is 16.9. The highest BCUT2D eigenvalue weighted by molar-refractivity contribution is 6.30. The zero-order valence-corrected chi connectivity index (χ0v) is 19.7. The number of hydrogen-bond acceptors (Lipinski definition) is 4. The van der Waals surface area contributed by atoms with Gasteiger partial charge in [0, 0.05) is 35.8 Å². The molecule has 5 rings (SSSR count). The quantitative estimate of drug-likeness (QED) is 0.337. The molecule has 1 aliphatic rings. The van der Waals surface area contributed by atoms with Crippen molar-refractivity contribution in [2.24, 2.45) is 0 Å². The van der Waals surface area contributed by atoms with Crippen LogP contribution in [0.2, 0.25) is 5.02 Å². The van der Waals surface area contributed by atoms with Crippen LogP contribution in [0, 0.1) is 11.6 Å². The van der Waals surface area contributed by atoms with E-state index < -0.39 is 17.2 Å². The first kappa shape index (κ1) is 23.6. The molecule has 5 nitrogen and oxygen atoms in total. The summed E-state index contributed by atoms with van der Waals surface area (Å²) in [5.74, 6) is -1.47. The van der Waals surface area contributed by atoms with Crippen molar-refractivity contribution in [3.8, 4) is 11.1 Å². The molecule has 0 aliphatic heterocycles. The molecule has 0 amide bonds. The molecule has 8 heteroatoms. The summed E-state index contributed by atoms with van der Waals surface area (Å²) in [6, 6.07) is 19.5. The summed E-state index contributed by atoms with van der Waals surface area (Å²) in [5, 5.41) is 16.6. The Morgan fingerprint density at radius 3 is 2.29 bits per heavy atom. The van der Waals surface area contributed by atoms with Gasteiger partial charge in [0.1, 0.15) is 29.9 Å². The van der Waals surface area contributed by atoms with Crippen LogP contribution in [0.1, 0.15) is 24.0 Å². The predicted molar refractivity (Wildman–Crippen MR) is 131 cm³/mol. The van der Waals surface area contributed by atoms with Crippen molar-refractivity contribution in [1.82, 2.24) is 19.7 Å². The fraction of sp³-hybridized carbons (Fsp3) is 0.259. The van der Waals surface area contributed by atoms with Crippen molar-refractivity contribution in [2.75, 3.05) is 6.54 Å². The Morgan fingerprint density at radius 2 is 1.69 bits per heavy atom. The lowest BCUT2D eigenvalue weighted by molar-refractivity contribution is -0.0259. The second kappa shape index (κ2) is 9.85. The van der Waals surface area contributed by atoms with Gasteiger partial charge in [0.25, 0.3) is 0 Å². The Hall–Kier alpha value is -3.13. The van der Waals surface area contributed by atoms with Gasteiger partial charge in [-0.05, 0) is 47.7 Å². The Bertz CT molecular complexity index is 1280. The minimum absolute atomic E-state index is 0.00568. The zero-order chi connectivity index (χ0) is 24.4. The largest absolute Gasteiger partial charge is 0.382 e. The molecule has 1 saturated carbocycles. The van der Waals surface area contributed by atoms with Crippen molar-refractivity contribution in [3.63, 3.8) is 0 Å². The van der Waals surface area contributed by atoms with Gasteiger partial charge in [-0.3, -0.25) is 4.90 Å². The van der Waals surface area contributed by atoms with Crippen molar-refractivity contribution in [2.45, 2.75) is 37.6 Å². The minimum Gasteiger partial charge on any atom is -0.382 e. The van der Waals surface area contributed by atoms with E-state index in [1.807, 2.05) is 24.3 Å². The van der Waals surface area contributed by atoms with Crippen LogP contribution < -0.4 is 0 Å². The van der Waals surface area contributed by atoms with Crippen molar-refractivity contribution in [3.05, 3.63) is 107 Å². The number of hydrogen-bond donors (Lipinski definition) is 1. The molecule has 4 aromatic rings. The van der Waals surface area contributed by atoms with Crippen LogP contribution in [-0.2, 0) is 18.7 Å². The highest BCUT2D eigenvalue weighted by Gasteiger charge is 2.40. The molecule has 0 radical (unpaired) electrons. The number of aliphatic hydroxyl groups is 1. The Labute approximate surface area is 207 Å². The summed E-state index contributed by atoms with van der Waals surface area (Å²) in [7, 11) is 0. The zero-order valence-electron chi connectivity index (χ0n) is 19.0. The highest BCUT2D eigenvalue weighted by Crippen LogP contribution is 2.34. The van der Waals surface area contributed by atoms with E-state index in [-0.39, 0.29) is 24.7 Å². The van der Waals surface area contributed by atoms with Crippen LogP contribution in [-0.4, -0.2) is 37.4 Å². The van der Waals surface area contributed by atoms with Gasteiger partial charge in [-0.2, -0.15) is 5.10 Å². The lowest BCUT2D eigenvalue weighted by atomic mass is 9.91. The molecule has 3 aromatic carbocycles. The third-order valence-corrected chi connectivity index (χ3v) is 6.62. The SMILES string of the molecule is OC(CN(Cc1ccc(-c2ccc(Cl)cc2)cc1)C1CC1)(Cn1cncn1)c1ccc(F)cc1F. The summed E-state index contributed by atoms with van der Waals surface area (Å²) in [6.45, 7) is 0.751. The van der Waals surface area contributed by atoms with Gasteiger partial charge in [0.15, 0.2) is 0 Å². The molecule has 1 N–H and O–H groups in total. The third-order valence-electron chi connectivity index (χ3n) is 6.37. The van der Waals surface area contributed by atoms with E-state index in [1.165, 1.54) is 29.5 Å². The standard InChI is InChI=1S/C27H25ClF2N4O/c28-22-7-5-21(6-8-22)20-3-1-19(2-4-20)14-33(24-10-11-24)15-27(35,16-34-18-31-17-32-34)25-12-9-23(29)13-26(25)30/h1-9,12-13,17-18,24,35H,10-11,14-16H2. The fourth-order valence-electron chi connectivity index (χ4n) is 4.44. The summed E-state index contributed by atoms with van der Waals surface area (Å²) >= 11 is 6.00. The number of nitrogens with zero attached hydrogens (tertiary/aromatic N) is 4. The lowest BCUT2D eigenvalue weighted by Crippen LogP contribution is -2.45. The topological polar surface area (TPSA) is 54.2 Å². The van der Waals surface area contributed by atoms with Crippen molar-refractivity contribution in [1.29, 1.82) is 0 Å². The summed E-state index contributed by atoms with van der Waals surface area (Å²) in [5.41, 5.74) is 1.65. The second-order valence-corrected chi connectivity index (χ2v) is 9.53. The normalized spacial score (nSPS) is 15.3. The Morgan fingerprint density at radius 1 is 1.00 bits per heavy atom. The van der Waals surface area contributed by atoms with E-state index in [1.54, 1.807) is 0 Å². The maximum atomic E-state index is 14.8. The van der Waals surface area contributed by atoms with E-state index in [0.717, 1.165) is 35.6 Å². The van der Waals surface area contributed by atoms with Crippen LogP contribution in [0.15, 0.2) is 79.4 Å². The molecule has 0 saturated heterocycles. The van der Waals surface area contributed by atoms with Crippen molar-refractivity contribution < 1.29 is 13.9 Å². The molecular weight excluding hydrogens is 470 g/mol. The number of benzene rings is 3. The molecule has 0 spiro atoms. The van der Waals surface area contributed by atoms with E-state index in [0.29, 0.717) is 11.6 Å². The summed E-state index contributed by atoms with van der Waals surface area (Å²) < 4.78 is 29.9. The number of halogens is 3. The monoisotopic (exact) mass is 494 g/mol. The van der Waals surface area contributed by atoms with Gasteiger partial charge in [-0.15, -0.1) is 0 Å². The van der Waals surface area contributed by atoms with Crippen molar-refractivity contribution >= 4 is 11.6 Å². The predicted octanol–water partition coefficient (Wildman–Crippen LogP) is 5.43. The highest BCUT2D eigenvalue weighted by atomic mass is 35.5.